The van der Waals surface area contributed by atoms with Gasteiger partial charge in [-0.25, -0.2) is 9.97 Å². The van der Waals surface area contributed by atoms with E-state index in [0.29, 0.717) is 37.7 Å². The Balaban J connectivity index is 1.57. The SMILES string of the molecule is Cc1ccc(C(O)(C(N)=O)C(F)(F)F)cc1-c1cnc2c(N)nc(C(=O)NC34CCC(O)(CC3)C4)cn12. The molecule has 37 heavy (non-hydrogen) atoms. The Kier molecular flexibility index (Phi) is 5.32. The van der Waals surface area contributed by atoms with Crippen LogP contribution in [0.2, 0.25) is 0 Å². The van der Waals surface area contributed by atoms with Gasteiger partial charge in [0, 0.05) is 22.9 Å². The third-order valence-electron chi connectivity index (χ3n) is 7.63. The molecule has 1 unspecified atom stereocenters. The van der Waals surface area contributed by atoms with Gasteiger partial charge in [0.1, 0.15) is 5.69 Å². The molecule has 2 fully saturated rings. The zero-order valence-electron chi connectivity index (χ0n) is 19.8. The molecule has 7 N–H and O–H groups in total. The summed E-state index contributed by atoms with van der Waals surface area (Å²) in [6, 6.07) is 3.28. The quantitative estimate of drug-likeness (QED) is 0.342. The predicted molar refractivity (Wildman–Crippen MR) is 125 cm³/mol. The normalized spacial score (nSPS) is 24.8. The van der Waals surface area contributed by atoms with Crippen LogP contribution in [0.25, 0.3) is 16.9 Å². The number of carbonyl (C=O) groups excluding carboxylic acids is 2. The Labute approximate surface area is 208 Å². The van der Waals surface area contributed by atoms with E-state index >= 15 is 0 Å². The number of anilines is 1. The molecule has 2 aliphatic carbocycles. The van der Waals surface area contributed by atoms with Crippen molar-refractivity contribution >= 4 is 23.3 Å². The third kappa shape index (κ3) is 3.80. The second-order valence-corrected chi connectivity index (χ2v) is 10.1. The molecule has 196 valence electrons. The number of fused-ring (bicyclic) bond motifs is 3. The summed E-state index contributed by atoms with van der Waals surface area (Å²) in [5.41, 5.74) is 6.09. The second kappa shape index (κ2) is 7.89. The van der Waals surface area contributed by atoms with Crippen LogP contribution in [0.3, 0.4) is 0 Å². The Morgan fingerprint density at radius 1 is 1.19 bits per heavy atom. The van der Waals surface area contributed by atoms with Crippen molar-refractivity contribution in [2.45, 2.75) is 61.9 Å². The number of halogens is 3. The van der Waals surface area contributed by atoms with Gasteiger partial charge in [0.15, 0.2) is 11.5 Å². The molecule has 0 aliphatic heterocycles. The van der Waals surface area contributed by atoms with Gasteiger partial charge in [-0.15, -0.1) is 0 Å². The summed E-state index contributed by atoms with van der Waals surface area (Å²) in [6.07, 6.45) is 0.257. The van der Waals surface area contributed by atoms with Crippen molar-refractivity contribution in [1.82, 2.24) is 19.7 Å². The van der Waals surface area contributed by atoms with Crippen LogP contribution in [0.5, 0.6) is 0 Å². The molecule has 2 heterocycles. The van der Waals surface area contributed by atoms with Crippen molar-refractivity contribution in [1.29, 1.82) is 0 Å². The highest BCUT2D eigenvalue weighted by Gasteiger charge is 2.60. The molecule has 10 nitrogen and oxygen atoms in total. The minimum absolute atomic E-state index is 0.0429. The number of carbonyl (C=O) groups is 2. The Bertz CT molecular complexity index is 1440. The van der Waals surface area contributed by atoms with Gasteiger partial charge < -0.3 is 27.0 Å². The van der Waals surface area contributed by atoms with Gasteiger partial charge in [0.05, 0.1) is 17.5 Å². The maximum Gasteiger partial charge on any atom is 0.430 e. The summed E-state index contributed by atoms with van der Waals surface area (Å²) in [7, 11) is 0. The standard InChI is InChI=1S/C24H25F3N6O4/c1-12-2-3-13(23(37,20(29)35)24(25,26)27)8-14(12)16-9-30-18-17(28)31-15(10-33(16)18)19(34)32-21-4-6-22(36,11-21)7-5-21/h2-3,8-10,36-37H,4-7,11H2,1H3,(H2,28,31)(H2,29,35)(H,32,34). The summed E-state index contributed by atoms with van der Waals surface area (Å²) in [4.78, 5) is 33.2. The number of aromatic nitrogens is 3. The minimum Gasteiger partial charge on any atom is -0.390 e. The maximum absolute atomic E-state index is 13.7. The smallest absolute Gasteiger partial charge is 0.390 e. The van der Waals surface area contributed by atoms with Crippen LogP contribution in [-0.2, 0) is 10.4 Å². The van der Waals surface area contributed by atoms with E-state index in [1.165, 1.54) is 22.9 Å². The monoisotopic (exact) mass is 518 g/mol. The summed E-state index contributed by atoms with van der Waals surface area (Å²) in [5.74, 6) is -2.56. The number of hydrogen-bond donors (Lipinski definition) is 5. The number of primary amides is 1. The molecule has 13 heteroatoms. The lowest BCUT2D eigenvalue weighted by molar-refractivity contribution is -0.255. The predicted octanol–water partition coefficient (Wildman–Crippen LogP) is 1.70. The van der Waals surface area contributed by atoms with Gasteiger partial charge in [-0.1, -0.05) is 12.1 Å². The van der Waals surface area contributed by atoms with Gasteiger partial charge in [-0.3, -0.25) is 14.0 Å². The number of rotatable bonds is 5. The van der Waals surface area contributed by atoms with Crippen LogP contribution in [0.15, 0.2) is 30.6 Å². The molecular weight excluding hydrogens is 493 g/mol. The van der Waals surface area contributed by atoms with E-state index in [1.807, 2.05) is 0 Å². The number of benzene rings is 1. The molecule has 3 aromatic rings. The van der Waals surface area contributed by atoms with E-state index in [2.05, 4.69) is 15.3 Å². The molecule has 1 atom stereocenters. The van der Waals surface area contributed by atoms with Gasteiger partial charge in [-0.2, -0.15) is 13.2 Å². The van der Waals surface area contributed by atoms with Gasteiger partial charge in [0.25, 0.3) is 17.4 Å². The summed E-state index contributed by atoms with van der Waals surface area (Å²) in [5, 5.41) is 23.7. The molecule has 2 amide bonds. The molecule has 2 saturated carbocycles. The number of aliphatic hydroxyl groups is 2. The number of nitrogens with zero attached hydrogens (tertiary/aromatic N) is 3. The van der Waals surface area contributed by atoms with Crippen molar-refractivity contribution in [2.75, 3.05) is 5.73 Å². The molecular formula is C24H25F3N6O4. The lowest BCUT2D eigenvalue weighted by atomic mass is 9.89. The Hall–Kier alpha value is -3.71. The van der Waals surface area contributed by atoms with Gasteiger partial charge in [-0.05, 0) is 50.7 Å². The zero-order valence-corrected chi connectivity index (χ0v) is 19.8. The van der Waals surface area contributed by atoms with Crippen LogP contribution < -0.4 is 16.8 Å². The molecule has 1 aromatic carbocycles. The average molecular weight is 518 g/mol. The highest BCUT2D eigenvalue weighted by molar-refractivity contribution is 5.94. The van der Waals surface area contributed by atoms with Gasteiger partial charge in [0.2, 0.25) is 0 Å². The fraction of sp³-hybridized carbons (Fsp3) is 0.417. The first kappa shape index (κ1) is 25.0. The molecule has 0 spiro atoms. The molecule has 5 rings (SSSR count). The largest absolute Gasteiger partial charge is 0.430 e. The Morgan fingerprint density at radius 2 is 1.86 bits per heavy atom. The van der Waals surface area contributed by atoms with E-state index in [9.17, 15) is 33.0 Å². The number of nitrogens with two attached hydrogens (primary N) is 2. The van der Waals surface area contributed by atoms with E-state index < -0.39 is 40.3 Å². The van der Waals surface area contributed by atoms with E-state index in [4.69, 9.17) is 11.5 Å². The maximum atomic E-state index is 13.7. The molecule has 2 bridgehead atoms. The molecule has 2 aromatic heterocycles. The third-order valence-corrected chi connectivity index (χ3v) is 7.63. The number of imidazole rings is 1. The number of nitrogens with one attached hydrogen (secondary N) is 1. The summed E-state index contributed by atoms with van der Waals surface area (Å²) >= 11 is 0. The molecule has 0 radical (unpaired) electrons. The van der Waals surface area contributed by atoms with Crippen LogP contribution in [-0.4, -0.2) is 53.7 Å². The number of nitrogen functional groups attached to an aromatic ring is 1. The first-order valence-electron chi connectivity index (χ1n) is 11.6. The van der Waals surface area contributed by atoms with Crippen LogP contribution in [0, 0.1) is 6.92 Å². The van der Waals surface area contributed by atoms with Crippen molar-refractivity contribution < 1.29 is 33.0 Å². The lowest BCUT2D eigenvalue weighted by Gasteiger charge is -2.28. The number of alkyl halides is 3. The second-order valence-electron chi connectivity index (χ2n) is 10.1. The highest BCUT2D eigenvalue weighted by atomic mass is 19.4. The lowest BCUT2D eigenvalue weighted by Crippen LogP contribution is -2.52. The van der Waals surface area contributed by atoms with Gasteiger partial charge >= 0.3 is 6.18 Å². The average Bonchev–Trinajstić information content (AvgIpc) is 3.48. The van der Waals surface area contributed by atoms with Crippen molar-refractivity contribution in [3.8, 4) is 11.3 Å². The number of hydrogen-bond acceptors (Lipinski definition) is 7. The van der Waals surface area contributed by atoms with E-state index in [1.54, 1.807) is 6.92 Å². The zero-order chi connectivity index (χ0) is 27.0. The molecule has 0 saturated heterocycles. The fourth-order valence-corrected chi connectivity index (χ4v) is 5.54. The number of amides is 2. The van der Waals surface area contributed by atoms with Crippen LogP contribution in [0.1, 0.15) is 53.7 Å². The van der Waals surface area contributed by atoms with E-state index in [-0.39, 0.29) is 28.4 Å². The van der Waals surface area contributed by atoms with Crippen molar-refractivity contribution in [3.63, 3.8) is 0 Å². The van der Waals surface area contributed by atoms with Crippen molar-refractivity contribution in [2.24, 2.45) is 5.73 Å². The summed E-state index contributed by atoms with van der Waals surface area (Å²) < 4.78 is 42.4. The molecule has 2 aliphatic rings. The highest BCUT2D eigenvalue weighted by Crippen LogP contribution is 2.50. The fourth-order valence-electron chi connectivity index (χ4n) is 5.54. The summed E-state index contributed by atoms with van der Waals surface area (Å²) in [6.45, 7) is 1.62. The van der Waals surface area contributed by atoms with Crippen molar-refractivity contribution in [3.05, 3.63) is 47.4 Å². The van der Waals surface area contributed by atoms with E-state index in [0.717, 1.165) is 12.1 Å². The van der Waals surface area contributed by atoms with Crippen LogP contribution in [0.4, 0.5) is 19.0 Å². The topological polar surface area (TPSA) is 169 Å². The first-order chi connectivity index (χ1) is 17.2. The number of aryl methyl sites for hydroxylation is 1. The minimum atomic E-state index is -5.36. The Morgan fingerprint density at radius 3 is 2.43 bits per heavy atom. The van der Waals surface area contributed by atoms with Crippen LogP contribution >= 0.6 is 0 Å². The first-order valence-corrected chi connectivity index (χ1v) is 11.6.